The second kappa shape index (κ2) is 5.23. The van der Waals surface area contributed by atoms with Crippen LogP contribution in [-0.4, -0.2) is 5.71 Å². The van der Waals surface area contributed by atoms with Gasteiger partial charge in [0.1, 0.15) is 11.2 Å². The van der Waals surface area contributed by atoms with Crippen LogP contribution in [0, 0.1) is 84.6 Å². The molecule has 0 heterocycles. The largest absolute Gasteiger partial charge is 0.305 e. The van der Waals surface area contributed by atoms with Gasteiger partial charge >= 0.3 is 0 Å². The lowest BCUT2D eigenvalue weighted by molar-refractivity contribution is 0.626. The minimum absolute atomic E-state index is 0.329. The zero-order chi connectivity index (χ0) is 17.3. The smallest absolute Gasteiger partial charge is 0.177 e. The Morgan fingerprint density at radius 2 is 1.52 bits per heavy atom. The predicted octanol–water partition coefficient (Wildman–Crippen LogP) is 2.15. The summed E-state index contributed by atoms with van der Waals surface area (Å²) in [5.74, 6) is -3.09. The summed E-state index contributed by atoms with van der Waals surface area (Å²) in [6.45, 7) is 0. The van der Waals surface area contributed by atoms with E-state index >= 15 is 0 Å². The van der Waals surface area contributed by atoms with E-state index in [1.807, 2.05) is 0 Å². The van der Waals surface area contributed by atoms with Crippen molar-refractivity contribution in [3.8, 4) is 30.3 Å². The summed E-state index contributed by atoms with van der Waals surface area (Å²) in [6.07, 6.45) is 0. The molecule has 2 rings (SSSR count). The first-order valence-electron chi connectivity index (χ1n) is 6.36. The van der Waals surface area contributed by atoms with Crippen LogP contribution in [0.25, 0.3) is 0 Å². The molecular formula is C16H7FN6. The minimum atomic E-state index is -1.90. The molecule has 1 aliphatic carbocycles. The Morgan fingerprint density at radius 3 is 1.91 bits per heavy atom. The first-order chi connectivity index (χ1) is 11.0. The summed E-state index contributed by atoms with van der Waals surface area (Å²) in [4.78, 5) is 0. The molecule has 23 heavy (non-hydrogen) atoms. The van der Waals surface area contributed by atoms with Crippen LogP contribution in [0.15, 0.2) is 24.3 Å². The molecule has 0 bridgehead atoms. The van der Waals surface area contributed by atoms with Gasteiger partial charge in [-0.2, -0.15) is 26.3 Å². The molecule has 1 aliphatic rings. The Bertz CT molecular complexity index is 855. The van der Waals surface area contributed by atoms with Crippen LogP contribution in [0.1, 0.15) is 11.5 Å². The number of nitrogens with zero attached hydrogens (tertiary/aromatic N) is 5. The standard InChI is InChI=1S/C16H7FN6/c17-12-3-1-10(2-4-12)13-15(7-20,8-21)16(13,9-22)14(23)11(5-18)6-19/h1-4,11,13,23H/t13-,16-/m1/s1. The lowest BCUT2D eigenvalue weighted by Crippen LogP contribution is -2.26. The Morgan fingerprint density at radius 1 is 1.00 bits per heavy atom. The topological polar surface area (TPSA) is 143 Å². The Kier molecular flexibility index (Phi) is 3.56. The maximum absolute atomic E-state index is 13.1. The molecule has 6 nitrogen and oxygen atoms in total. The second-order valence-electron chi connectivity index (χ2n) is 5.04. The van der Waals surface area contributed by atoms with E-state index < -0.39 is 34.2 Å². The third kappa shape index (κ3) is 1.77. The van der Waals surface area contributed by atoms with E-state index in [2.05, 4.69) is 0 Å². The first-order valence-corrected chi connectivity index (χ1v) is 6.36. The van der Waals surface area contributed by atoms with Crippen LogP contribution in [-0.2, 0) is 0 Å². The van der Waals surface area contributed by atoms with E-state index in [4.69, 9.17) is 15.9 Å². The number of benzene rings is 1. The van der Waals surface area contributed by atoms with Gasteiger partial charge in [0.15, 0.2) is 11.3 Å². The number of hydrogen-bond acceptors (Lipinski definition) is 6. The van der Waals surface area contributed by atoms with Crippen molar-refractivity contribution >= 4 is 5.71 Å². The molecule has 0 amide bonds. The van der Waals surface area contributed by atoms with Crippen LogP contribution in [0.2, 0.25) is 0 Å². The summed E-state index contributed by atoms with van der Waals surface area (Å²) in [6, 6.07) is 13.3. The summed E-state index contributed by atoms with van der Waals surface area (Å²) < 4.78 is 13.1. The van der Waals surface area contributed by atoms with Gasteiger partial charge in [-0.1, -0.05) is 12.1 Å². The quantitative estimate of drug-likeness (QED) is 0.851. The molecule has 0 spiro atoms. The van der Waals surface area contributed by atoms with Crippen LogP contribution in [0.4, 0.5) is 4.39 Å². The summed E-state index contributed by atoms with van der Waals surface area (Å²) in [7, 11) is 0. The van der Waals surface area contributed by atoms with Crippen LogP contribution in [0.3, 0.4) is 0 Å². The monoisotopic (exact) mass is 302 g/mol. The van der Waals surface area contributed by atoms with Gasteiger partial charge in [0.05, 0.1) is 36.1 Å². The van der Waals surface area contributed by atoms with Crippen molar-refractivity contribution in [2.75, 3.05) is 0 Å². The highest BCUT2D eigenvalue weighted by molar-refractivity contribution is 6.02. The second-order valence-corrected chi connectivity index (χ2v) is 5.04. The fourth-order valence-electron chi connectivity index (χ4n) is 2.93. The molecular weight excluding hydrogens is 295 g/mol. The fourth-order valence-corrected chi connectivity index (χ4v) is 2.93. The highest BCUT2D eigenvalue weighted by Crippen LogP contribution is 2.74. The van der Waals surface area contributed by atoms with Crippen molar-refractivity contribution in [1.82, 2.24) is 0 Å². The molecule has 108 valence electrons. The number of nitriles is 5. The van der Waals surface area contributed by atoms with Gasteiger partial charge in [-0.05, 0) is 17.7 Å². The van der Waals surface area contributed by atoms with E-state index in [0.717, 1.165) is 12.1 Å². The molecule has 1 N–H and O–H groups in total. The van der Waals surface area contributed by atoms with Gasteiger partial charge in [-0.3, -0.25) is 0 Å². The van der Waals surface area contributed by atoms with E-state index in [-0.39, 0.29) is 0 Å². The van der Waals surface area contributed by atoms with Crippen molar-refractivity contribution in [2.45, 2.75) is 5.92 Å². The third-order valence-corrected chi connectivity index (χ3v) is 4.11. The summed E-state index contributed by atoms with van der Waals surface area (Å²) >= 11 is 0. The van der Waals surface area contributed by atoms with Gasteiger partial charge in [0, 0.05) is 5.92 Å². The van der Waals surface area contributed by atoms with E-state index in [9.17, 15) is 20.2 Å². The Labute approximate surface area is 131 Å². The van der Waals surface area contributed by atoms with Crippen molar-refractivity contribution < 1.29 is 4.39 Å². The van der Waals surface area contributed by atoms with Crippen LogP contribution < -0.4 is 0 Å². The lowest BCUT2D eigenvalue weighted by Gasteiger charge is -2.11. The number of rotatable bonds is 3. The average molecular weight is 302 g/mol. The summed E-state index contributed by atoms with van der Waals surface area (Å²) in [5, 5.41) is 54.4. The maximum atomic E-state index is 13.1. The average Bonchev–Trinajstić information content (AvgIpc) is 3.20. The molecule has 0 aromatic heterocycles. The molecule has 0 unspecified atom stereocenters. The van der Waals surface area contributed by atoms with E-state index in [1.54, 1.807) is 30.3 Å². The SMILES string of the molecule is N#CC(C#N)C(=N)[C@@]1(C#N)[C@H](c2ccc(F)cc2)C1(C#N)C#N. The van der Waals surface area contributed by atoms with Gasteiger partial charge in [-0.15, -0.1) is 0 Å². The molecule has 0 radical (unpaired) electrons. The van der Waals surface area contributed by atoms with Crippen LogP contribution >= 0.6 is 0 Å². The Hall–Kier alpha value is -3.73. The van der Waals surface area contributed by atoms with Crippen molar-refractivity contribution in [3.05, 3.63) is 35.6 Å². The van der Waals surface area contributed by atoms with E-state index in [0.29, 0.717) is 5.56 Å². The van der Waals surface area contributed by atoms with Crippen molar-refractivity contribution in [2.24, 2.45) is 16.7 Å². The molecule has 1 aromatic carbocycles. The third-order valence-electron chi connectivity index (χ3n) is 4.11. The zero-order valence-electron chi connectivity index (χ0n) is 11.6. The predicted molar refractivity (Wildman–Crippen MR) is 73.3 cm³/mol. The molecule has 1 fully saturated rings. The van der Waals surface area contributed by atoms with Gasteiger partial charge in [-0.25, -0.2) is 4.39 Å². The fraction of sp³-hybridized carbons (Fsp3) is 0.250. The molecule has 2 atom stereocenters. The molecule has 0 saturated heterocycles. The molecule has 7 heteroatoms. The normalized spacial score (nSPS) is 23.4. The summed E-state index contributed by atoms with van der Waals surface area (Å²) in [5.41, 5.74) is -4.04. The van der Waals surface area contributed by atoms with Crippen molar-refractivity contribution in [1.29, 1.82) is 31.7 Å². The number of halogens is 1. The zero-order valence-corrected chi connectivity index (χ0v) is 11.6. The Balaban J connectivity index is 2.66. The molecule has 0 aliphatic heterocycles. The number of hydrogen-bond donors (Lipinski definition) is 1. The highest BCUT2D eigenvalue weighted by Gasteiger charge is 2.83. The van der Waals surface area contributed by atoms with Gasteiger partial charge < -0.3 is 5.41 Å². The van der Waals surface area contributed by atoms with Gasteiger partial charge in [0.25, 0.3) is 0 Å². The van der Waals surface area contributed by atoms with Gasteiger partial charge in [0.2, 0.25) is 0 Å². The maximum Gasteiger partial charge on any atom is 0.177 e. The molecule has 1 saturated carbocycles. The highest BCUT2D eigenvalue weighted by atomic mass is 19.1. The number of nitrogens with one attached hydrogen (secondary N) is 1. The molecule has 1 aromatic rings. The lowest BCUT2D eigenvalue weighted by atomic mass is 9.84. The first kappa shape index (κ1) is 15.7. The minimum Gasteiger partial charge on any atom is -0.305 e. The van der Waals surface area contributed by atoms with E-state index in [1.165, 1.54) is 12.1 Å². The van der Waals surface area contributed by atoms with Crippen molar-refractivity contribution in [3.63, 3.8) is 0 Å². The van der Waals surface area contributed by atoms with Crippen LogP contribution in [0.5, 0.6) is 0 Å².